The van der Waals surface area contributed by atoms with Gasteiger partial charge in [0.1, 0.15) is 12.1 Å². The van der Waals surface area contributed by atoms with Crippen LogP contribution < -0.4 is 5.32 Å². The lowest BCUT2D eigenvalue weighted by Crippen LogP contribution is -2.42. The van der Waals surface area contributed by atoms with Gasteiger partial charge in [0.15, 0.2) is 0 Å². The van der Waals surface area contributed by atoms with Gasteiger partial charge in [-0.1, -0.05) is 0 Å². The first kappa shape index (κ1) is 11.9. The zero-order valence-corrected chi connectivity index (χ0v) is 10.4. The molecule has 5 heteroatoms. The van der Waals surface area contributed by atoms with Crippen molar-refractivity contribution in [3.05, 3.63) is 18.1 Å². The van der Waals surface area contributed by atoms with Crippen molar-refractivity contribution in [2.24, 2.45) is 0 Å². The van der Waals surface area contributed by atoms with Gasteiger partial charge in [0.05, 0.1) is 5.60 Å². The van der Waals surface area contributed by atoms with Gasteiger partial charge >= 0.3 is 0 Å². The van der Waals surface area contributed by atoms with E-state index in [4.69, 9.17) is 4.74 Å². The fraction of sp³-hybridized carbons (Fsp3) is 0.692. The van der Waals surface area contributed by atoms with E-state index in [1.165, 1.54) is 12.8 Å². The maximum atomic E-state index is 10.3. The van der Waals surface area contributed by atoms with E-state index in [2.05, 4.69) is 15.3 Å². The monoisotopic (exact) mass is 249 g/mol. The van der Waals surface area contributed by atoms with E-state index in [1.54, 1.807) is 6.33 Å². The van der Waals surface area contributed by atoms with Gasteiger partial charge in [-0.3, -0.25) is 0 Å². The number of rotatable bonds is 4. The number of anilines is 1. The van der Waals surface area contributed by atoms with Crippen molar-refractivity contribution in [2.75, 3.05) is 25.1 Å². The van der Waals surface area contributed by atoms with E-state index in [9.17, 15) is 5.11 Å². The molecule has 0 spiro atoms. The van der Waals surface area contributed by atoms with Gasteiger partial charge in [-0.2, -0.15) is 0 Å². The molecule has 0 amide bonds. The van der Waals surface area contributed by atoms with Gasteiger partial charge in [0.2, 0.25) is 0 Å². The van der Waals surface area contributed by atoms with Crippen molar-refractivity contribution in [3.63, 3.8) is 0 Å². The first-order chi connectivity index (χ1) is 8.75. The summed E-state index contributed by atoms with van der Waals surface area (Å²) in [4.78, 5) is 8.48. The Morgan fingerprint density at radius 3 is 2.83 bits per heavy atom. The van der Waals surface area contributed by atoms with Gasteiger partial charge in [-0.25, -0.2) is 9.97 Å². The van der Waals surface area contributed by atoms with E-state index >= 15 is 0 Å². The van der Waals surface area contributed by atoms with E-state index in [-0.39, 0.29) is 0 Å². The third kappa shape index (κ3) is 2.79. The predicted octanol–water partition coefficient (Wildman–Crippen LogP) is 1.31. The highest BCUT2D eigenvalue weighted by Gasteiger charge is 2.30. The molecule has 1 aromatic rings. The van der Waals surface area contributed by atoms with Crippen LogP contribution in [0.2, 0.25) is 0 Å². The first-order valence-corrected chi connectivity index (χ1v) is 6.61. The zero-order chi connectivity index (χ0) is 12.4. The second-order valence-electron chi connectivity index (χ2n) is 5.29. The molecule has 0 bridgehead atoms. The van der Waals surface area contributed by atoms with Crippen LogP contribution in [0.1, 0.15) is 37.3 Å². The number of nitrogens with one attached hydrogen (secondary N) is 1. The Morgan fingerprint density at radius 1 is 1.33 bits per heavy atom. The van der Waals surface area contributed by atoms with Crippen LogP contribution >= 0.6 is 0 Å². The van der Waals surface area contributed by atoms with Crippen molar-refractivity contribution in [2.45, 2.75) is 37.2 Å². The number of ether oxygens (including phenoxy) is 1. The van der Waals surface area contributed by atoms with Crippen LogP contribution in [0.4, 0.5) is 5.82 Å². The molecule has 2 fully saturated rings. The molecule has 1 aliphatic carbocycles. The quantitative estimate of drug-likeness (QED) is 0.842. The lowest BCUT2D eigenvalue weighted by molar-refractivity contribution is -0.0543. The Bertz CT molecular complexity index is 414. The minimum absolute atomic E-state index is 0.525. The van der Waals surface area contributed by atoms with Gasteiger partial charge in [0.25, 0.3) is 0 Å². The Balaban J connectivity index is 1.60. The molecule has 0 aromatic carbocycles. The van der Waals surface area contributed by atoms with Crippen molar-refractivity contribution >= 4 is 5.82 Å². The third-order valence-electron chi connectivity index (χ3n) is 3.71. The van der Waals surface area contributed by atoms with E-state index < -0.39 is 5.60 Å². The number of nitrogens with zero attached hydrogens (tertiary/aromatic N) is 2. The Hall–Kier alpha value is -1.20. The molecular weight excluding hydrogens is 230 g/mol. The molecule has 3 rings (SSSR count). The summed E-state index contributed by atoms with van der Waals surface area (Å²) in [6.45, 7) is 1.79. The summed E-state index contributed by atoms with van der Waals surface area (Å²) in [5.74, 6) is 1.44. The summed E-state index contributed by atoms with van der Waals surface area (Å²) < 4.78 is 5.26. The molecule has 0 atom stereocenters. The number of aromatic nitrogens is 2. The van der Waals surface area contributed by atoms with Crippen molar-refractivity contribution in [3.8, 4) is 0 Å². The fourth-order valence-corrected chi connectivity index (χ4v) is 2.25. The van der Waals surface area contributed by atoms with E-state index in [0.717, 1.165) is 11.5 Å². The van der Waals surface area contributed by atoms with Crippen LogP contribution in [-0.2, 0) is 4.74 Å². The molecule has 5 nitrogen and oxygen atoms in total. The second kappa shape index (κ2) is 4.82. The Labute approximate surface area is 107 Å². The third-order valence-corrected chi connectivity index (χ3v) is 3.71. The highest BCUT2D eigenvalue weighted by atomic mass is 16.5. The van der Waals surface area contributed by atoms with Crippen LogP contribution in [0.15, 0.2) is 12.4 Å². The molecule has 1 saturated heterocycles. The molecule has 0 radical (unpaired) electrons. The van der Waals surface area contributed by atoms with Gasteiger partial charge < -0.3 is 15.2 Å². The average Bonchev–Trinajstić information content (AvgIpc) is 3.22. The predicted molar refractivity (Wildman–Crippen MR) is 67.5 cm³/mol. The van der Waals surface area contributed by atoms with Crippen LogP contribution in [0, 0.1) is 0 Å². The van der Waals surface area contributed by atoms with Crippen LogP contribution in [-0.4, -0.2) is 40.4 Å². The zero-order valence-electron chi connectivity index (χ0n) is 10.4. The standard InChI is InChI=1S/C13H19N3O2/c17-13(3-5-18-6-4-13)8-14-12-7-11(10-1-2-10)15-9-16-12/h7,9-10,17H,1-6,8H2,(H,14,15,16). The molecule has 0 unspecified atom stereocenters. The van der Waals surface area contributed by atoms with Gasteiger partial charge in [0, 0.05) is 50.3 Å². The summed E-state index contributed by atoms with van der Waals surface area (Å²) in [6.07, 6.45) is 5.43. The molecule has 2 N–H and O–H groups in total. The number of hydrogen-bond donors (Lipinski definition) is 2. The van der Waals surface area contributed by atoms with Gasteiger partial charge in [-0.05, 0) is 12.8 Å². The van der Waals surface area contributed by atoms with Crippen LogP contribution in [0.5, 0.6) is 0 Å². The topological polar surface area (TPSA) is 67.3 Å². The molecule has 98 valence electrons. The lowest BCUT2D eigenvalue weighted by atomic mass is 9.94. The molecule has 1 aliphatic heterocycles. The number of hydrogen-bond acceptors (Lipinski definition) is 5. The first-order valence-electron chi connectivity index (χ1n) is 6.61. The van der Waals surface area contributed by atoms with Crippen LogP contribution in [0.25, 0.3) is 0 Å². The molecule has 1 saturated carbocycles. The molecule has 2 aliphatic rings. The minimum Gasteiger partial charge on any atom is -0.388 e. The second-order valence-corrected chi connectivity index (χ2v) is 5.29. The summed E-state index contributed by atoms with van der Waals surface area (Å²) in [6, 6.07) is 2.00. The lowest BCUT2D eigenvalue weighted by Gasteiger charge is -2.32. The summed E-state index contributed by atoms with van der Waals surface area (Å²) in [5.41, 5.74) is 0.453. The fourth-order valence-electron chi connectivity index (χ4n) is 2.25. The Kier molecular flexibility index (Phi) is 3.18. The summed E-state index contributed by atoms with van der Waals surface area (Å²) in [5, 5.41) is 13.6. The smallest absolute Gasteiger partial charge is 0.129 e. The highest BCUT2D eigenvalue weighted by molar-refractivity contribution is 5.37. The van der Waals surface area contributed by atoms with Gasteiger partial charge in [-0.15, -0.1) is 0 Å². The molecule has 1 aromatic heterocycles. The van der Waals surface area contributed by atoms with Crippen molar-refractivity contribution in [1.29, 1.82) is 0 Å². The largest absolute Gasteiger partial charge is 0.388 e. The molecular formula is C13H19N3O2. The highest BCUT2D eigenvalue weighted by Crippen LogP contribution is 2.39. The SMILES string of the molecule is OC1(CNc2cc(C3CC3)ncn2)CCOCC1. The summed E-state index contributed by atoms with van der Waals surface area (Å²) in [7, 11) is 0. The summed E-state index contributed by atoms with van der Waals surface area (Å²) >= 11 is 0. The maximum Gasteiger partial charge on any atom is 0.129 e. The van der Waals surface area contributed by atoms with Crippen molar-refractivity contribution < 1.29 is 9.84 Å². The van der Waals surface area contributed by atoms with Crippen LogP contribution in [0.3, 0.4) is 0 Å². The van der Waals surface area contributed by atoms with Crippen molar-refractivity contribution in [1.82, 2.24) is 9.97 Å². The number of aliphatic hydroxyl groups is 1. The molecule has 18 heavy (non-hydrogen) atoms. The normalized spacial score (nSPS) is 22.7. The maximum absolute atomic E-state index is 10.3. The average molecular weight is 249 g/mol. The molecule has 2 heterocycles. The van der Waals surface area contributed by atoms with E-state index in [1.807, 2.05) is 6.07 Å². The Morgan fingerprint density at radius 2 is 2.11 bits per heavy atom. The minimum atomic E-state index is -0.664. The van der Waals surface area contributed by atoms with E-state index in [0.29, 0.717) is 38.5 Å².